The van der Waals surface area contributed by atoms with Crippen LogP contribution in [0.2, 0.25) is 0 Å². The first-order valence-corrected chi connectivity index (χ1v) is 12.8. The maximum atomic E-state index is 13.4. The van der Waals surface area contributed by atoms with Gasteiger partial charge in [-0.2, -0.15) is 13.2 Å². The van der Waals surface area contributed by atoms with Crippen molar-refractivity contribution in [2.24, 2.45) is 17.8 Å². The van der Waals surface area contributed by atoms with Crippen LogP contribution in [-0.2, 0) is 10.0 Å². The average molecular weight is 498 g/mol. The van der Waals surface area contributed by atoms with Crippen LogP contribution in [0.25, 0.3) is 0 Å². The molecule has 3 atom stereocenters. The van der Waals surface area contributed by atoms with Crippen molar-refractivity contribution >= 4 is 21.5 Å². The number of benzene rings is 2. The van der Waals surface area contributed by atoms with E-state index in [1.807, 2.05) is 0 Å². The molecule has 0 amide bonds. The van der Waals surface area contributed by atoms with Crippen molar-refractivity contribution in [1.82, 2.24) is 0 Å². The van der Waals surface area contributed by atoms with Crippen LogP contribution in [0.4, 0.5) is 18.9 Å². The molecule has 9 heteroatoms. The fourth-order valence-corrected chi connectivity index (χ4v) is 5.45. The Hall–Kier alpha value is -2.55. The van der Waals surface area contributed by atoms with E-state index in [9.17, 15) is 26.4 Å². The number of anilines is 1. The van der Waals surface area contributed by atoms with Gasteiger partial charge in [0.15, 0.2) is 0 Å². The minimum Gasteiger partial charge on any atom is -0.490 e. The third kappa shape index (κ3) is 6.11. The maximum absolute atomic E-state index is 13.4. The van der Waals surface area contributed by atoms with Gasteiger partial charge in [-0.05, 0) is 67.9 Å². The minimum atomic E-state index is -5.18. The smallest absolute Gasteiger partial charge is 0.454 e. The molecular weight excluding hydrogens is 467 g/mol. The van der Waals surface area contributed by atoms with Crippen LogP contribution >= 0.6 is 0 Å². The largest absolute Gasteiger partial charge is 0.490 e. The van der Waals surface area contributed by atoms with E-state index in [0.717, 1.165) is 37.0 Å². The molecule has 1 aliphatic rings. The van der Waals surface area contributed by atoms with Crippen molar-refractivity contribution < 1.29 is 31.1 Å². The van der Waals surface area contributed by atoms with Gasteiger partial charge in [-0.25, -0.2) is 8.42 Å². The highest BCUT2D eigenvalue weighted by molar-refractivity contribution is 7.92. The Bertz CT molecular complexity index is 1130. The summed E-state index contributed by atoms with van der Waals surface area (Å²) < 4.78 is 73.8. The van der Waals surface area contributed by atoms with E-state index in [2.05, 4.69) is 25.5 Å². The van der Waals surface area contributed by atoms with E-state index in [-0.39, 0.29) is 22.7 Å². The van der Waals surface area contributed by atoms with E-state index in [1.165, 1.54) is 18.2 Å². The summed E-state index contributed by atoms with van der Waals surface area (Å²) >= 11 is 0. The SMILES string of the molecule is Cc1ccc(S(=O)(=O)Nc2ccc(O[C@@H]3C[C@H](C)CC[C@H]3C(C)C)cc2C(=O)C(F)(F)F)cc1. The van der Waals surface area contributed by atoms with Gasteiger partial charge >= 0.3 is 6.18 Å². The van der Waals surface area contributed by atoms with E-state index in [1.54, 1.807) is 19.1 Å². The molecule has 1 N–H and O–H groups in total. The number of carbonyl (C=O) groups excluding carboxylic acids is 1. The van der Waals surface area contributed by atoms with Gasteiger partial charge in [-0.3, -0.25) is 9.52 Å². The Morgan fingerprint density at radius 2 is 1.74 bits per heavy atom. The number of alkyl halides is 3. The standard InChI is InChI=1S/C25H30F3NO4S/c1-15(2)20-11-7-17(4)13-23(20)33-18-8-12-22(21(14-18)24(30)25(26,27)28)29-34(31,32)19-9-5-16(3)6-10-19/h5-6,8-10,12,14-15,17,20,23,29H,7,11,13H2,1-4H3/t17-,20+,23-/m1/s1. The summed E-state index contributed by atoms with van der Waals surface area (Å²) in [7, 11) is -4.21. The Balaban J connectivity index is 1.96. The zero-order valence-electron chi connectivity index (χ0n) is 19.6. The zero-order chi connectivity index (χ0) is 25.3. The monoisotopic (exact) mass is 497 g/mol. The highest BCUT2D eigenvalue weighted by Gasteiger charge is 2.41. The molecule has 3 rings (SSSR count). The molecule has 0 aliphatic heterocycles. The van der Waals surface area contributed by atoms with Crippen molar-refractivity contribution in [3.05, 3.63) is 53.6 Å². The maximum Gasteiger partial charge on any atom is 0.454 e. The quantitative estimate of drug-likeness (QED) is 0.451. The van der Waals surface area contributed by atoms with Crippen molar-refractivity contribution in [2.45, 2.75) is 64.1 Å². The third-order valence-electron chi connectivity index (χ3n) is 6.32. The van der Waals surface area contributed by atoms with E-state index in [4.69, 9.17) is 4.74 Å². The molecule has 0 aromatic heterocycles. The lowest BCUT2D eigenvalue weighted by Crippen LogP contribution is -2.36. The number of rotatable bonds is 7. The van der Waals surface area contributed by atoms with Gasteiger partial charge in [0, 0.05) is 0 Å². The number of sulfonamides is 1. The molecule has 2 aromatic carbocycles. The van der Waals surface area contributed by atoms with Crippen molar-refractivity contribution in [2.75, 3.05) is 4.72 Å². The van der Waals surface area contributed by atoms with Gasteiger partial charge in [-0.1, -0.05) is 44.9 Å². The molecule has 186 valence electrons. The molecule has 1 fully saturated rings. The number of carbonyl (C=O) groups is 1. The zero-order valence-corrected chi connectivity index (χ0v) is 20.5. The van der Waals surface area contributed by atoms with E-state index in [0.29, 0.717) is 11.8 Å². The topological polar surface area (TPSA) is 72.5 Å². The lowest BCUT2D eigenvalue weighted by molar-refractivity contribution is -0.0884. The van der Waals surface area contributed by atoms with Crippen LogP contribution in [-0.4, -0.2) is 26.5 Å². The Morgan fingerprint density at radius 3 is 2.32 bits per heavy atom. The summed E-state index contributed by atoms with van der Waals surface area (Å²) in [6, 6.07) is 9.37. The first kappa shape index (κ1) is 26.1. The Labute approximate surface area is 198 Å². The Kier molecular flexibility index (Phi) is 7.65. The lowest BCUT2D eigenvalue weighted by Gasteiger charge is -2.37. The first-order valence-electron chi connectivity index (χ1n) is 11.3. The van der Waals surface area contributed by atoms with Crippen molar-refractivity contribution in [3.63, 3.8) is 0 Å². The number of aryl methyl sites for hydroxylation is 1. The second-order valence-electron chi connectivity index (χ2n) is 9.44. The third-order valence-corrected chi connectivity index (χ3v) is 7.70. The number of Topliss-reactive ketones (excluding diaryl/α,β-unsaturated/α-hetero) is 1. The molecule has 5 nitrogen and oxygen atoms in total. The molecule has 0 heterocycles. The second-order valence-corrected chi connectivity index (χ2v) is 11.1. The van der Waals surface area contributed by atoms with Gasteiger partial charge in [-0.15, -0.1) is 0 Å². The highest BCUT2D eigenvalue weighted by atomic mass is 32.2. The molecule has 34 heavy (non-hydrogen) atoms. The fourth-order valence-electron chi connectivity index (χ4n) is 4.37. The second kappa shape index (κ2) is 9.98. The molecule has 0 unspecified atom stereocenters. The number of hydrogen-bond acceptors (Lipinski definition) is 4. The number of ether oxygens (including phenoxy) is 1. The van der Waals surface area contributed by atoms with Crippen LogP contribution in [0.3, 0.4) is 0 Å². The first-order chi connectivity index (χ1) is 15.8. The van der Waals surface area contributed by atoms with Gasteiger partial charge in [0.1, 0.15) is 11.9 Å². The lowest BCUT2D eigenvalue weighted by atomic mass is 9.75. The molecule has 0 spiro atoms. The van der Waals surface area contributed by atoms with Crippen LogP contribution in [0, 0.1) is 24.7 Å². The van der Waals surface area contributed by atoms with E-state index >= 15 is 0 Å². The fraction of sp³-hybridized carbons (Fsp3) is 0.480. The summed E-state index contributed by atoms with van der Waals surface area (Å²) in [6.07, 6.45) is -2.62. The van der Waals surface area contributed by atoms with E-state index < -0.39 is 33.2 Å². The molecule has 1 aliphatic carbocycles. The van der Waals surface area contributed by atoms with Crippen LogP contribution in [0.5, 0.6) is 5.75 Å². The molecule has 0 saturated heterocycles. The number of hydrogen-bond donors (Lipinski definition) is 1. The summed E-state index contributed by atoms with van der Waals surface area (Å²) in [4.78, 5) is 12.1. The summed E-state index contributed by atoms with van der Waals surface area (Å²) in [5.41, 5.74) is -0.427. The summed E-state index contributed by atoms with van der Waals surface area (Å²) in [6.45, 7) is 8.05. The van der Waals surface area contributed by atoms with Crippen molar-refractivity contribution in [1.29, 1.82) is 0 Å². The highest BCUT2D eigenvalue weighted by Crippen LogP contribution is 2.37. The van der Waals surface area contributed by atoms with Crippen LogP contribution < -0.4 is 9.46 Å². The van der Waals surface area contributed by atoms with Gasteiger partial charge in [0.25, 0.3) is 15.8 Å². The number of ketones is 1. The summed E-state index contributed by atoms with van der Waals surface area (Å²) in [5.74, 6) is -1.06. The molecule has 2 aromatic rings. The Morgan fingerprint density at radius 1 is 1.09 bits per heavy atom. The van der Waals surface area contributed by atoms with Gasteiger partial charge in [0.2, 0.25) is 0 Å². The molecular formula is C25H30F3NO4S. The van der Waals surface area contributed by atoms with Crippen LogP contribution in [0.1, 0.15) is 56.0 Å². The summed E-state index contributed by atoms with van der Waals surface area (Å²) in [5, 5.41) is 0. The minimum absolute atomic E-state index is 0.107. The van der Waals surface area contributed by atoms with Gasteiger partial charge in [0.05, 0.1) is 16.1 Å². The van der Waals surface area contributed by atoms with Crippen molar-refractivity contribution in [3.8, 4) is 5.75 Å². The molecule has 0 bridgehead atoms. The molecule has 0 radical (unpaired) electrons. The normalized spacial score (nSPS) is 21.4. The van der Waals surface area contributed by atoms with Gasteiger partial charge < -0.3 is 4.74 Å². The predicted octanol–water partition coefficient (Wildman–Crippen LogP) is 6.38. The number of nitrogens with one attached hydrogen (secondary N) is 1. The molecule has 1 saturated carbocycles. The number of halogens is 3. The van der Waals surface area contributed by atoms with Crippen LogP contribution in [0.15, 0.2) is 47.4 Å². The predicted molar refractivity (Wildman–Crippen MR) is 125 cm³/mol. The average Bonchev–Trinajstić information content (AvgIpc) is 2.73.